The zero-order chi connectivity index (χ0) is 22.5. The zero-order valence-corrected chi connectivity index (χ0v) is 18.5. The molecule has 5 heteroatoms. The van der Waals surface area contributed by atoms with Gasteiger partial charge < -0.3 is 15.7 Å². The molecule has 4 aromatic rings. The maximum atomic E-state index is 6.09. The quantitative estimate of drug-likeness (QED) is 0.260. The molecule has 160 valence electrons. The molecule has 5 heterocycles. The van der Waals surface area contributed by atoms with E-state index in [-0.39, 0.29) is 0 Å². The van der Waals surface area contributed by atoms with Crippen molar-refractivity contribution in [1.29, 1.82) is 0 Å². The molecule has 1 aromatic carbocycles. The Morgan fingerprint density at radius 3 is 1.70 bits per heavy atom. The summed E-state index contributed by atoms with van der Waals surface area (Å²) in [5, 5.41) is 0. The van der Waals surface area contributed by atoms with Crippen LogP contribution in [0, 0.1) is 13.8 Å². The van der Waals surface area contributed by atoms with E-state index in [4.69, 9.17) is 15.7 Å². The minimum atomic E-state index is 0.780. The van der Waals surface area contributed by atoms with E-state index in [0.29, 0.717) is 0 Å². The lowest BCUT2D eigenvalue weighted by atomic mass is 9.95. The van der Waals surface area contributed by atoms with Gasteiger partial charge in [-0.1, -0.05) is 0 Å². The van der Waals surface area contributed by atoms with Gasteiger partial charge in [0.1, 0.15) is 0 Å². The van der Waals surface area contributed by atoms with Gasteiger partial charge in [-0.05, 0) is 109 Å². The van der Waals surface area contributed by atoms with Crippen molar-refractivity contribution in [2.75, 3.05) is 5.73 Å². The molecule has 0 fully saturated rings. The molecule has 5 nitrogen and oxygen atoms in total. The number of hydrogen-bond acceptors (Lipinski definition) is 3. The molecule has 0 spiro atoms. The van der Waals surface area contributed by atoms with Crippen LogP contribution in [0.25, 0.3) is 57.5 Å². The largest absolute Gasteiger partial charge is 0.399 e. The Hall–Kier alpha value is -4.38. The molecular formula is C28H23N5. The Morgan fingerprint density at radius 1 is 0.606 bits per heavy atom. The fraction of sp³-hybridized carbons (Fsp3) is 0.0714. The molecule has 2 aliphatic rings. The van der Waals surface area contributed by atoms with Crippen LogP contribution in [-0.4, -0.2) is 19.9 Å². The van der Waals surface area contributed by atoms with Crippen LogP contribution in [0.15, 0.2) is 54.6 Å². The summed E-state index contributed by atoms with van der Waals surface area (Å²) in [5.74, 6) is 0. The van der Waals surface area contributed by atoms with Gasteiger partial charge in [0.25, 0.3) is 0 Å². The van der Waals surface area contributed by atoms with Gasteiger partial charge in [-0.25, -0.2) is 9.97 Å². The zero-order valence-electron chi connectivity index (χ0n) is 18.5. The number of aromatic amines is 2. The molecule has 2 aliphatic heterocycles. The number of fused-ring (bicyclic) bond motifs is 8. The van der Waals surface area contributed by atoms with Crippen molar-refractivity contribution in [1.82, 2.24) is 19.9 Å². The van der Waals surface area contributed by atoms with E-state index < -0.39 is 0 Å². The number of aromatic nitrogens is 4. The molecule has 0 radical (unpaired) electrons. The normalized spacial score (nSPS) is 12.4. The predicted molar refractivity (Wildman–Crippen MR) is 138 cm³/mol. The number of aryl methyl sites for hydroxylation is 2. The molecule has 0 aliphatic carbocycles. The molecule has 3 aromatic heterocycles. The molecule has 8 bridgehead atoms. The van der Waals surface area contributed by atoms with E-state index in [1.54, 1.807) is 0 Å². The highest BCUT2D eigenvalue weighted by molar-refractivity contribution is 5.90. The molecule has 0 saturated heterocycles. The van der Waals surface area contributed by atoms with E-state index >= 15 is 0 Å². The van der Waals surface area contributed by atoms with Crippen LogP contribution in [-0.2, 0) is 0 Å². The predicted octanol–water partition coefficient (Wildman–Crippen LogP) is 6.52. The lowest BCUT2D eigenvalue weighted by Gasteiger charge is -2.10. The second-order valence-electron chi connectivity index (χ2n) is 8.62. The van der Waals surface area contributed by atoms with E-state index in [1.165, 1.54) is 5.56 Å². The number of anilines is 1. The van der Waals surface area contributed by atoms with Crippen molar-refractivity contribution in [3.8, 4) is 11.1 Å². The van der Waals surface area contributed by atoms with E-state index in [2.05, 4.69) is 54.1 Å². The first-order valence-electron chi connectivity index (χ1n) is 11.0. The number of nitrogens with zero attached hydrogens (tertiary/aromatic N) is 2. The van der Waals surface area contributed by atoms with Crippen molar-refractivity contribution >= 4 is 52.1 Å². The fourth-order valence-electron chi connectivity index (χ4n) is 4.65. The summed E-state index contributed by atoms with van der Waals surface area (Å²) in [6.45, 7) is 4.21. The highest BCUT2D eigenvalue weighted by Gasteiger charge is 2.12. The Morgan fingerprint density at radius 2 is 1.12 bits per heavy atom. The van der Waals surface area contributed by atoms with Gasteiger partial charge in [0, 0.05) is 33.3 Å². The van der Waals surface area contributed by atoms with Gasteiger partial charge >= 0.3 is 0 Å². The van der Waals surface area contributed by atoms with Crippen LogP contribution >= 0.6 is 0 Å². The lowest BCUT2D eigenvalue weighted by Crippen LogP contribution is -1.92. The highest BCUT2D eigenvalue weighted by atomic mass is 14.8. The monoisotopic (exact) mass is 429 g/mol. The third kappa shape index (κ3) is 3.64. The van der Waals surface area contributed by atoms with Crippen molar-refractivity contribution in [3.05, 3.63) is 88.5 Å². The second-order valence-corrected chi connectivity index (χ2v) is 8.62. The Bertz CT molecular complexity index is 1620. The van der Waals surface area contributed by atoms with Crippen LogP contribution in [0.2, 0.25) is 0 Å². The molecular weight excluding hydrogens is 406 g/mol. The summed E-state index contributed by atoms with van der Waals surface area (Å²) in [4.78, 5) is 16.6. The minimum absolute atomic E-state index is 0.780. The van der Waals surface area contributed by atoms with E-state index in [9.17, 15) is 0 Å². The number of nitrogens with one attached hydrogen (secondary N) is 2. The van der Waals surface area contributed by atoms with Crippen LogP contribution < -0.4 is 5.73 Å². The maximum Gasteiger partial charge on any atom is 0.0658 e. The average molecular weight is 430 g/mol. The third-order valence-corrected chi connectivity index (χ3v) is 5.99. The van der Waals surface area contributed by atoms with Crippen molar-refractivity contribution in [3.63, 3.8) is 0 Å². The summed E-state index contributed by atoms with van der Waals surface area (Å²) in [5.41, 5.74) is 19.1. The standard InChI is InChI=1S/C28H23N5/c1-16-9-18(29)10-17(2)28(16)26-14-25-13-23-6-5-21(31-23)11-19-3-4-20(30-19)12-22-7-8-24(32-22)15-27(26)33-25/h3-15,30,33H,29H2,1-2H3. The van der Waals surface area contributed by atoms with Gasteiger partial charge in [-0.15, -0.1) is 0 Å². The number of nitrogen functional groups attached to an aromatic ring is 1. The first-order chi connectivity index (χ1) is 16.0. The summed E-state index contributed by atoms with van der Waals surface area (Å²) in [7, 11) is 0. The summed E-state index contributed by atoms with van der Waals surface area (Å²) < 4.78 is 0. The molecule has 6 rings (SSSR count). The minimum Gasteiger partial charge on any atom is -0.399 e. The van der Waals surface area contributed by atoms with Crippen LogP contribution in [0.3, 0.4) is 0 Å². The van der Waals surface area contributed by atoms with Gasteiger partial charge in [0.15, 0.2) is 0 Å². The SMILES string of the molecule is Cc1cc(N)cc(C)c1-c1cc2cc3nc(cc4ccc(cc5nc(cc1[nH]2)C=C5)[nH]4)C=C3. The Kier molecular flexibility index (Phi) is 4.30. The summed E-state index contributed by atoms with van der Waals surface area (Å²) in [6, 6.07) is 18.6. The molecule has 0 amide bonds. The molecule has 0 atom stereocenters. The van der Waals surface area contributed by atoms with Gasteiger partial charge in [-0.3, -0.25) is 0 Å². The third-order valence-electron chi connectivity index (χ3n) is 5.99. The van der Waals surface area contributed by atoms with Gasteiger partial charge in [0.05, 0.1) is 22.8 Å². The van der Waals surface area contributed by atoms with Crippen LogP contribution in [0.4, 0.5) is 5.69 Å². The average Bonchev–Trinajstić information content (AvgIpc) is 3.53. The van der Waals surface area contributed by atoms with Crippen molar-refractivity contribution < 1.29 is 0 Å². The molecule has 4 N–H and O–H groups in total. The van der Waals surface area contributed by atoms with Crippen molar-refractivity contribution in [2.24, 2.45) is 0 Å². The summed E-state index contributed by atoms with van der Waals surface area (Å²) in [6.07, 6.45) is 8.15. The molecule has 33 heavy (non-hydrogen) atoms. The molecule has 0 saturated carbocycles. The smallest absolute Gasteiger partial charge is 0.0658 e. The van der Waals surface area contributed by atoms with Gasteiger partial charge in [-0.2, -0.15) is 0 Å². The topological polar surface area (TPSA) is 83.4 Å². The van der Waals surface area contributed by atoms with Gasteiger partial charge in [0.2, 0.25) is 0 Å². The number of hydrogen-bond donors (Lipinski definition) is 3. The highest BCUT2D eigenvalue weighted by Crippen LogP contribution is 2.34. The Labute approximate surface area is 191 Å². The number of rotatable bonds is 1. The Balaban J connectivity index is 1.69. The van der Waals surface area contributed by atoms with Crippen LogP contribution in [0.5, 0.6) is 0 Å². The molecule has 0 unspecified atom stereocenters. The van der Waals surface area contributed by atoms with Crippen LogP contribution in [0.1, 0.15) is 33.9 Å². The maximum absolute atomic E-state index is 6.09. The lowest BCUT2D eigenvalue weighted by molar-refractivity contribution is 1.31. The second kappa shape index (κ2) is 7.35. The number of nitrogens with two attached hydrogens (primary N) is 1. The first kappa shape index (κ1) is 19.3. The fourth-order valence-corrected chi connectivity index (χ4v) is 4.65. The first-order valence-corrected chi connectivity index (χ1v) is 11.0. The van der Waals surface area contributed by atoms with E-state index in [1.807, 2.05) is 48.6 Å². The van der Waals surface area contributed by atoms with E-state index in [0.717, 1.165) is 67.2 Å². The number of benzene rings is 1. The van der Waals surface area contributed by atoms with Crippen molar-refractivity contribution in [2.45, 2.75) is 13.8 Å². The summed E-state index contributed by atoms with van der Waals surface area (Å²) >= 11 is 0. The number of H-pyrrole nitrogens is 2.